The minimum Gasteiger partial charge on any atom is -0.493 e. The molecular formula is C61H88N6O16. The number of ketones is 1. The van der Waals surface area contributed by atoms with Gasteiger partial charge in [0.2, 0.25) is 29.4 Å². The first-order chi connectivity index (χ1) is 39.0. The summed E-state index contributed by atoms with van der Waals surface area (Å²) < 4.78 is 41.0. The molecule has 6 amide bonds. The maximum absolute atomic E-state index is 14.7. The number of cyclic esters (lactones) is 2. The molecule has 3 aliphatic rings. The third-order valence-electron chi connectivity index (χ3n) is 14.9. The highest BCUT2D eigenvalue weighted by Gasteiger charge is 2.45. The number of hydrogen-bond donors (Lipinski definition) is 1. The highest BCUT2D eigenvalue weighted by atomic mass is 16.5. The van der Waals surface area contributed by atoms with E-state index in [0.29, 0.717) is 49.2 Å². The maximum atomic E-state index is 14.7. The van der Waals surface area contributed by atoms with Crippen molar-refractivity contribution in [3.8, 4) is 17.2 Å². The topological polar surface area (TPSA) is 246 Å². The quantitative estimate of drug-likeness (QED) is 0.256. The second-order valence-electron chi connectivity index (χ2n) is 24.0. The Labute approximate surface area is 488 Å². The molecule has 6 atom stereocenters. The number of amides is 6. The molecule has 1 N–H and O–H groups in total. The number of ether oxygens (including phenoxy) is 7. The van der Waals surface area contributed by atoms with Crippen LogP contribution in [-0.2, 0) is 68.5 Å². The second kappa shape index (κ2) is 29.4. The van der Waals surface area contributed by atoms with Gasteiger partial charge in [-0.25, -0.2) is 9.59 Å². The molecule has 22 nitrogen and oxygen atoms in total. The van der Waals surface area contributed by atoms with Gasteiger partial charge < -0.3 is 63.0 Å². The van der Waals surface area contributed by atoms with Gasteiger partial charge in [-0.05, 0) is 149 Å². The number of aryl methyl sites for hydroxylation is 1. The van der Waals surface area contributed by atoms with Crippen molar-refractivity contribution in [1.29, 1.82) is 0 Å². The molecule has 22 heteroatoms. The maximum Gasteiger partial charge on any atom is 0.330 e. The SMILES string of the molecule is COc1ccc(CC[C@H]2OC(=O)[C@@H]3CCCCN3C(=O)C(=O)C(C)(C)COC(=O)/C=C\CCN(C)C(=O)[C@@H]3CCCN3C(=O)[C@H](COC(C)(C)C)N(C)C(=O)[C@H](COC(C)(C)C)NC(=O)[C@H](C)N(C)C(=O)COc3cccc2c3)cc1OC. The number of nitrogens with one attached hydrogen (secondary N) is 1. The van der Waals surface area contributed by atoms with Gasteiger partial charge in [-0.15, -0.1) is 0 Å². The van der Waals surface area contributed by atoms with Crippen molar-refractivity contribution >= 4 is 53.2 Å². The van der Waals surface area contributed by atoms with Crippen molar-refractivity contribution in [1.82, 2.24) is 29.8 Å². The number of rotatable bonds is 9. The molecule has 2 saturated heterocycles. The Morgan fingerprint density at radius 2 is 1.37 bits per heavy atom. The van der Waals surface area contributed by atoms with E-state index in [1.54, 1.807) is 78.9 Å². The number of carbonyl (C=O) groups excluding carboxylic acids is 9. The fraction of sp³-hybridized carbons (Fsp3) is 0.623. The third kappa shape index (κ3) is 18.7. The lowest BCUT2D eigenvalue weighted by Crippen LogP contribution is -2.61. The summed E-state index contributed by atoms with van der Waals surface area (Å²) in [5.41, 5.74) is -1.67. The van der Waals surface area contributed by atoms with E-state index in [1.807, 2.05) is 12.1 Å². The summed E-state index contributed by atoms with van der Waals surface area (Å²) in [6.07, 6.45) is 4.76. The van der Waals surface area contributed by atoms with Crippen molar-refractivity contribution in [2.45, 2.75) is 161 Å². The standard InChI is InChI=1S/C61H88N6O16/c1-39-53(71)62-43(35-81-59(2,3)4)54(72)65(12)46(36-82-60(5,6)7)56(74)66-32-20-24-44(66)55(73)63(10)30-17-16-25-51(69)80-38-61(8,9)52(70)57(75)67-31-18-15-23-45(67)58(76)83-47(28-26-40-27-29-48(77-13)49(33-40)78-14)41-21-19-22-42(34-41)79-37-50(68)64(39)11/h16,19,21-22,25,27,29,33-34,39,43-47H,15,17-18,20,23-24,26,28,30-32,35-38H2,1-14H3,(H,62,71)/b25-16-/t39-,43-,44-,45-,46-,47+/m0/s1. The molecule has 0 spiro atoms. The lowest BCUT2D eigenvalue weighted by molar-refractivity contribution is -0.165. The smallest absolute Gasteiger partial charge is 0.330 e. The number of piperidine rings is 1. The average Bonchev–Trinajstić information content (AvgIpc) is 4.14. The van der Waals surface area contributed by atoms with E-state index in [9.17, 15) is 43.2 Å². The summed E-state index contributed by atoms with van der Waals surface area (Å²) in [4.78, 5) is 134. The predicted octanol–water partition coefficient (Wildman–Crippen LogP) is 5.02. The number of esters is 2. The van der Waals surface area contributed by atoms with E-state index in [1.165, 1.54) is 85.7 Å². The summed E-state index contributed by atoms with van der Waals surface area (Å²) in [6, 6.07) is 6.34. The summed E-state index contributed by atoms with van der Waals surface area (Å²) in [5, 5.41) is 2.76. The zero-order chi connectivity index (χ0) is 61.6. The first-order valence-corrected chi connectivity index (χ1v) is 28.5. The molecular weight excluding hydrogens is 1070 g/mol. The van der Waals surface area contributed by atoms with E-state index in [2.05, 4.69) is 5.32 Å². The van der Waals surface area contributed by atoms with Gasteiger partial charge in [0, 0.05) is 46.9 Å². The van der Waals surface area contributed by atoms with Crippen molar-refractivity contribution in [2.24, 2.45) is 5.41 Å². The van der Waals surface area contributed by atoms with Crippen LogP contribution in [0.15, 0.2) is 54.6 Å². The molecule has 3 heterocycles. The van der Waals surface area contributed by atoms with Crippen LogP contribution in [0, 0.1) is 5.41 Å². The van der Waals surface area contributed by atoms with Crippen LogP contribution in [0.4, 0.5) is 0 Å². The van der Waals surface area contributed by atoms with Crippen LogP contribution in [0.25, 0.3) is 0 Å². The largest absolute Gasteiger partial charge is 0.493 e. The van der Waals surface area contributed by atoms with E-state index in [4.69, 9.17) is 33.2 Å². The Hall–Kier alpha value is -7.07. The Morgan fingerprint density at radius 3 is 2.05 bits per heavy atom. The monoisotopic (exact) mass is 1160 g/mol. The van der Waals surface area contributed by atoms with Crippen molar-refractivity contribution < 1.29 is 76.3 Å². The summed E-state index contributed by atoms with van der Waals surface area (Å²) >= 11 is 0. The van der Waals surface area contributed by atoms with Crippen LogP contribution in [0.3, 0.4) is 0 Å². The van der Waals surface area contributed by atoms with Crippen LogP contribution in [0.5, 0.6) is 17.2 Å². The van der Waals surface area contributed by atoms with Gasteiger partial charge in [0.1, 0.15) is 48.7 Å². The lowest BCUT2D eigenvalue weighted by Gasteiger charge is -2.37. The van der Waals surface area contributed by atoms with Crippen LogP contribution in [0.2, 0.25) is 0 Å². The number of benzene rings is 2. The number of carbonyl (C=O) groups is 9. The molecule has 5 rings (SSSR count). The second-order valence-corrected chi connectivity index (χ2v) is 24.0. The summed E-state index contributed by atoms with van der Waals surface area (Å²) in [6.45, 7) is 14.2. The van der Waals surface area contributed by atoms with Crippen molar-refractivity contribution in [2.75, 3.05) is 81.4 Å². The average molecular weight is 1160 g/mol. The van der Waals surface area contributed by atoms with Crippen LogP contribution in [0.1, 0.15) is 124 Å². The molecule has 0 unspecified atom stereocenters. The molecule has 0 radical (unpaired) electrons. The molecule has 0 aliphatic carbocycles. The Morgan fingerprint density at radius 1 is 0.711 bits per heavy atom. The van der Waals surface area contributed by atoms with Gasteiger partial charge in [-0.1, -0.05) is 24.3 Å². The predicted molar refractivity (Wildman–Crippen MR) is 306 cm³/mol. The summed E-state index contributed by atoms with van der Waals surface area (Å²) in [7, 11) is 7.48. The lowest BCUT2D eigenvalue weighted by atomic mass is 9.87. The van der Waals surface area contributed by atoms with Gasteiger partial charge in [-0.3, -0.25) is 33.6 Å². The Balaban J connectivity index is 1.49. The number of Topliss-reactive ketones (excluding diaryl/α,β-unsaturated/α-hetero) is 1. The first-order valence-electron chi connectivity index (χ1n) is 28.5. The zero-order valence-electron chi connectivity index (χ0n) is 51.0. The van der Waals surface area contributed by atoms with E-state index < -0.39 is 113 Å². The number of fused-ring (bicyclic) bond motifs is 4. The number of likely N-dealkylation sites (N-methyl/N-ethyl adjacent to an activating group) is 3. The van der Waals surface area contributed by atoms with Crippen LogP contribution in [-0.4, -0.2) is 201 Å². The fourth-order valence-corrected chi connectivity index (χ4v) is 9.66. The third-order valence-corrected chi connectivity index (χ3v) is 14.9. The highest BCUT2D eigenvalue weighted by Crippen LogP contribution is 2.33. The van der Waals surface area contributed by atoms with Crippen LogP contribution < -0.4 is 19.5 Å². The number of nitrogens with zero attached hydrogens (tertiary/aromatic N) is 5. The number of methoxy groups -OCH3 is 2. The minimum absolute atomic E-state index is 0.103. The van der Waals surface area contributed by atoms with E-state index in [0.717, 1.165) is 5.56 Å². The zero-order valence-corrected chi connectivity index (χ0v) is 51.0. The van der Waals surface area contributed by atoms with E-state index >= 15 is 0 Å². The van der Waals surface area contributed by atoms with Gasteiger partial charge in [0.15, 0.2) is 18.1 Å². The molecule has 83 heavy (non-hydrogen) atoms. The van der Waals surface area contributed by atoms with Crippen molar-refractivity contribution in [3.63, 3.8) is 0 Å². The molecule has 458 valence electrons. The van der Waals surface area contributed by atoms with Gasteiger partial charge >= 0.3 is 11.9 Å². The van der Waals surface area contributed by atoms with Crippen molar-refractivity contribution in [3.05, 3.63) is 65.7 Å². The first kappa shape index (κ1) is 66.7. The molecule has 2 bridgehead atoms. The molecule has 2 fully saturated rings. The van der Waals surface area contributed by atoms with Gasteiger partial charge in [-0.2, -0.15) is 0 Å². The highest BCUT2D eigenvalue weighted by molar-refractivity contribution is 6.38. The number of hydrogen-bond acceptors (Lipinski definition) is 16. The normalized spacial score (nSPS) is 24.5. The Kier molecular flexibility index (Phi) is 23.7. The van der Waals surface area contributed by atoms with Gasteiger partial charge in [0.25, 0.3) is 11.8 Å². The van der Waals surface area contributed by atoms with Crippen LogP contribution >= 0.6 is 0 Å². The molecule has 2 aromatic carbocycles. The fourth-order valence-electron chi connectivity index (χ4n) is 9.66. The minimum atomic E-state index is -1.49. The molecule has 2 aromatic rings. The van der Waals surface area contributed by atoms with Gasteiger partial charge in [0.05, 0.1) is 44.1 Å². The molecule has 0 saturated carbocycles. The van der Waals surface area contributed by atoms with E-state index in [-0.39, 0.29) is 63.8 Å². The molecule has 3 aliphatic heterocycles. The molecule has 0 aromatic heterocycles. The Bertz CT molecular complexity index is 2680. The summed E-state index contributed by atoms with van der Waals surface area (Å²) in [5.74, 6) is -4.93.